The fraction of sp³-hybridized carbons (Fsp3) is 0.158. The lowest BCUT2D eigenvalue weighted by Gasteiger charge is -2.10. The van der Waals surface area contributed by atoms with Crippen LogP contribution in [-0.2, 0) is 14.8 Å². The van der Waals surface area contributed by atoms with Crippen molar-refractivity contribution in [2.75, 3.05) is 18.5 Å². The molecule has 0 radical (unpaired) electrons. The Kier molecular flexibility index (Phi) is 5.68. The summed E-state index contributed by atoms with van der Waals surface area (Å²) >= 11 is 0. The molecule has 0 bridgehead atoms. The molecule has 0 spiro atoms. The lowest BCUT2D eigenvalue weighted by molar-refractivity contribution is -0.115. The molecule has 0 atom stereocenters. The van der Waals surface area contributed by atoms with E-state index in [2.05, 4.69) is 15.0 Å². The molecule has 0 saturated carbocycles. The van der Waals surface area contributed by atoms with Gasteiger partial charge in [-0.15, -0.1) is 0 Å². The summed E-state index contributed by atoms with van der Waals surface area (Å²) in [6.07, 6.45) is 1.63. The molecule has 140 valence electrons. The number of nitrogens with one attached hydrogen (secondary N) is 2. The summed E-state index contributed by atoms with van der Waals surface area (Å²) in [5.41, 5.74) is 1.17. The predicted molar refractivity (Wildman–Crippen MR) is 103 cm³/mol. The standard InChI is InChI=1S/C19H19N3O4S/c1-2-26-15-8-10-16(11-9-15)27(24,25)21-13-18(23)22-17-7-3-5-14-6-4-12-20-19(14)17/h3-12,21H,2,13H2,1H3,(H,22,23). The number of ether oxygens (including phenoxy) is 1. The number of carbonyl (C=O) groups excluding carboxylic acids is 1. The van der Waals surface area contributed by atoms with E-state index >= 15 is 0 Å². The molecule has 8 heteroatoms. The Bertz CT molecular complexity index is 1040. The number of amides is 1. The summed E-state index contributed by atoms with van der Waals surface area (Å²) in [6, 6.07) is 15.1. The van der Waals surface area contributed by atoms with Crippen LogP contribution in [-0.4, -0.2) is 32.5 Å². The highest BCUT2D eigenvalue weighted by Crippen LogP contribution is 2.20. The molecule has 0 fully saturated rings. The second-order valence-electron chi connectivity index (χ2n) is 5.66. The number of benzene rings is 2. The molecule has 2 N–H and O–H groups in total. The molecule has 0 unspecified atom stereocenters. The van der Waals surface area contributed by atoms with Gasteiger partial charge in [-0.05, 0) is 43.3 Å². The molecule has 0 aliphatic rings. The Morgan fingerprint density at radius 2 is 1.81 bits per heavy atom. The zero-order valence-corrected chi connectivity index (χ0v) is 15.5. The molecular formula is C19H19N3O4S. The molecule has 0 saturated heterocycles. The molecule has 3 rings (SSSR count). The van der Waals surface area contributed by atoms with Gasteiger partial charge in [0.1, 0.15) is 5.75 Å². The van der Waals surface area contributed by atoms with Gasteiger partial charge >= 0.3 is 0 Å². The maximum absolute atomic E-state index is 12.3. The monoisotopic (exact) mass is 385 g/mol. The van der Waals surface area contributed by atoms with Crippen molar-refractivity contribution in [1.29, 1.82) is 0 Å². The van der Waals surface area contributed by atoms with Gasteiger partial charge in [-0.1, -0.05) is 18.2 Å². The Morgan fingerprint density at radius 3 is 2.56 bits per heavy atom. The first-order valence-electron chi connectivity index (χ1n) is 8.36. The molecule has 1 aromatic heterocycles. The van der Waals surface area contributed by atoms with Crippen LogP contribution in [0.2, 0.25) is 0 Å². The quantitative estimate of drug-likeness (QED) is 0.651. The number of para-hydroxylation sites is 1. The summed E-state index contributed by atoms with van der Waals surface area (Å²) in [4.78, 5) is 16.5. The largest absolute Gasteiger partial charge is 0.494 e. The number of carbonyl (C=O) groups is 1. The molecule has 3 aromatic rings. The molecular weight excluding hydrogens is 366 g/mol. The number of nitrogens with zero attached hydrogens (tertiary/aromatic N) is 1. The fourth-order valence-corrected chi connectivity index (χ4v) is 3.51. The van der Waals surface area contributed by atoms with Crippen molar-refractivity contribution in [1.82, 2.24) is 9.71 Å². The van der Waals surface area contributed by atoms with Gasteiger partial charge in [-0.25, -0.2) is 13.1 Å². The Balaban J connectivity index is 1.65. The highest BCUT2D eigenvalue weighted by atomic mass is 32.2. The van der Waals surface area contributed by atoms with Gasteiger partial charge < -0.3 is 10.1 Å². The van der Waals surface area contributed by atoms with Gasteiger partial charge in [-0.2, -0.15) is 0 Å². The molecule has 7 nitrogen and oxygen atoms in total. The van der Waals surface area contributed by atoms with Crippen LogP contribution in [0.25, 0.3) is 10.9 Å². The van der Waals surface area contributed by atoms with E-state index in [0.717, 1.165) is 5.39 Å². The molecule has 0 aliphatic heterocycles. The van der Waals surface area contributed by atoms with Crippen molar-refractivity contribution in [2.45, 2.75) is 11.8 Å². The third-order valence-electron chi connectivity index (χ3n) is 3.77. The second-order valence-corrected chi connectivity index (χ2v) is 7.42. The second kappa shape index (κ2) is 8.15. The summed E-state index contributed by atoms with van der Waals surface area (Å²) < 4.78 is 32.2. The maximum Gasteiger partial charge on any atom is 0.241 e. The highest BCUT2D eigenvalue weighted by molar-refractivity contribution is 7.89. The van der Waals surface area contributed by atoms with Crippen molar-refractivity contribution in [3.63, 3.8) is 0 Å². The topological polar surface area (TPSA) is 97.4 Å². The number of pyridine rings is 1. The fourth-order valence-electron chi connectivity index (χ4n) is 2.53. The average molecular weight is 385 g/mol. The van der Waals surface area contributed by atoms with Gasteiger partial charge in [0.15, 0.2) is 0 Å². The third-order valence-corrected chi connectivity index (χ3v) is 5.19. The van der Waals surface area contributed by atoms with E-state index in [0.29, 0.717) is 23.6 Å². The normalized spacial score (nSPS) is 11.3. The zero-order chi connectivity index (χ0) is 19.3. The van der Waals surface area contributed by atoms with E-state index in [9.17, 15) is 13.2 Å². The highest BCUT2D eigenvalue weighted by Gasteiger charge is 2.16. The first-order chi connectivity index (χ1) is 13.0. The molecule has 1 heterocycles. The molecule has 27 heavy (non-hydrogen) atoms. The first kappa shape index (κ1) is 18.8. The van der Waals surface area contributed by atoms with Crippen LogP contribution in [0.4, 0.5) is 5.69 Å². The Hall–Kier alpha value is -2.97. The zero-order valence-electron chi connectivity index (χ0n) is 14.7. The number of hydrogen-bond acceptors (Lipinski definition) is 5. The minimum Gasteiger partial charge on any atom is -0.494 e. The van der Waals surface area contributed by atoms with Gasteiger partial charge in [-0.3, -0.25) is 9.78 Å². The van der Waals surface area contributed by atoms with E-state index in [1.54, 1.807) is 36.5 Å². The Morgan fingerprint density at radius 1 is 1.07 bits per heavy atom. The van der Waals surface area contributed by atoms with E-state index in [-0.39, 0.29) is 4.90 Å². The summed E-state index contributed by atoms with van der Waals surface area (Å²) in [6.45, 7) is 1.95. The summed E-state index contributed by atoms with van der Waals surface area (Å²) in [5.74, 6) is 0.0975. The number of fused-ring (bicyclic) bond motifs is 1. The third kappa shape index (κ3) is 4.60. The Labute approximate surface area is 157 Å². The predicted octanol–water partition coefficient (Wildman–Crippen LogP) is 2.55. The summed E-state index contributed by atoms with van der Waals surface area (Å²) in [7, 11) is -3.80. The number of sulfonamides is 1. The molecule has 0 aliphatic carbocycles. The number of rotatable bonds is 7. The average Bonchev–Trinajstić information content (AvgIpc) is 2.68. The van der Waals surface area contributed by atoms with Crippen LogP contribution >= 0.6 is 0 Å². The van der Waals surface area contributed by atoms with Crippen molar-refractivity contribution < 1.29 is 17.9 Å². The number of hydrogen-bond donors (Lipinski definition) is 2. The van der Waals surface area contributed by atoms with Crippen LogP contribution in [0, 0.1) is 0 Å². The van der Waals surface area contributed by atoms with E-state index in [1.807, 2.05) is 19.1 Å². The lowest BCUT2D eigenvalue weighted by atomic mass is 10.2. The number of aromatic nitrogens is 1. The van der Waals surface area contributed by atoms with Crippen LogP contribution in [0.15, 0.2) is 65.7 Å². The van der Waals surface area contributed by atoms with Crippen LogP contribution in [0.3, 0.4) is 0 Å². The first-order valence-corrected chi connectivity index (χ1v) is 9.84. The van der Waals surface area contributed by atoms with Gasteiger partial charge in [0.25, 0.3) is 0 Å². The maximum atomic E-state index is 12.3. The van der Waals surface area contributed by atoms with E-state index in [1.165, 1.54) is 12.1 Å². The van der Waals surface area contributed by atoms with Gasteiger partial charge in [0, 0.05) is 11.6 Å². The SMILES string of the molecule is CCOc1ccc(S(=O)(=O)NCC(=O)Nc2cccc3cccnc23)cc1. The minimum absolute atomic E-state index is 0.0607. The summed E-state index contributed by atoms with van der Waals surface area (Å²) in [5, 5.41) is 3.57. The van der Waals surface area contributed by atoms with E-state index < -0.39 is 22.5 Å². The van der Waals surface area contributed by atoms with E-state index in [4.69, 9.17) is 4.74 Å². The van der Waals surface area contributed by atoms with Gasteiger partial charge in [0.05, 0.1) is 29.3 Å². The molecule has 2 aromatic carbocycles. The minimum atomic E-state index is -3.80. The molecule has 1 amide bonds. The van der Waals surface area contributed by atoms with Gasteiger partial charge in [0.2, 0.25) is 15.9 Å². The van der Waals surface area contributed by atoms with Crippen LogP contribution in [0.1, 0.15) is 6.92 Å². The van der Waals surface area contributed by atoms with Crippen molar-refractivity contribution in [2.24, 2.45) is 0 Å². The van der Waals surface area contributed by atoms with Crippen molar-refractivity contribution >= 4 is 32.5 Å². The van der Waals surface area contributed by atoms with Crippen molar-refractivity contribution in [3.05, 3.63) is 60.8 Å². The number of anilines is 1. The van der Waals surface area contributed by atoms with Crippen LogP contribution in [0.5, 0.6) is 5.75 Å². The lowest BCUT2D eigenvalue weighted by Crippen LogP contribution is -2.33. The smallest absolute Gasteiger partial charge is 0.241 e. The van der Waals surface area contributed by atoms with Crippen LogP contribution < -0.4 is 14.8 Å². The van der Waals surface area contributed by atoms with Crippen molar-refractivity contribution in [3.8, 4) is 5.75 Å².